The number of nitrogens with zero attached hydrogens (tertiary/aromatic N) is 2. The summed E-state index contributed by atoms with van der Waals surface area (Å²) >= 11 is 5.63. The van der Waals surface area contributed by atoms with Crippen LogP contribution in [0.1, 0.15) is 44.2 Å². The third kappa shape index (κ3) is 5.75. The van der Waals surface area contributed by atoms with E-state index in [1.807, 2.05) is 0 Å². The van der Waals surface area contributed by atoms with Gasteiger partial charge in [-0.3, -0.25) is 0 Å². The Balaban J connectivity index is 1.82. The van der Waals surface area contributed by atoms with E-state index in [1.54, 1.807) is 0 Å². The van der Waals surface area contributed by atoms with Crippen molar-refractivity contribution in [2.24, 2.45) is 5.92 Å². The molecule has 1 heterocycles. The van der Waals surface area contributed by atoms with E-state index in [9.17, 15) is 0 Å². The number of aryl methyl sites for hydroxylation is 2. The molecule has 1 aliphatic heterocycles. The summed E-state index contributed by atoms with van der Waals surface area (Å²) in [6, 6.07) is 7.20. The fourth-order valence-corrected chi connectivity index (χ4v) is 3.70. The molecule has 0 atom stereocenters. The number of nitrogens with one attached hydrogen (secondary N) is 1. The number of thiocarbonyl (C=S) groups is 1. The number of anilines is 1. The number of piperidine rings is 1. The Hall–Kier alpha value is -1.13. The molecule has 0 aliphatic carbocycles. The van der Waals surface area contributed by atoms with Gasteiger partial charge in [0.25, 0.3) is 0 Å². The number of hydrogen-bond donors (Lipinski definition) is 1. The van der Waals surface area contributed by atoms with Crippen molar-refractivity contribution in [1.29, 1.82) is 0 Å². The Labute approximate surface area is 153 Å². The van der Waals surface area contributed by atoms with Crippen LogP contribution in [0.5, 0.6) is 0 Å². The lowest BCUT2D eigenvalue weighted by Gasteiger charge is -2.38. The van der Waals surface area contributed by atoms with Gasteiger partial charge in [-0.1, -0.05) is 19.9 Å². The van der Waals surface area contributed by atoms with Crippen LogP contribution < -0.4 is 5.32 Å². The molecule has 2 rings (SSSR count). The monoisotopic (exact) mass is 347 g/mol. The molecule has 1 aromatic carbocycles. The average molecular weight is 348 g/mol. The molecule has 0 aromatic heterocycles. The van der Waals surface area contributed by atoms with Crippen molar-refractivity contribution < 1.29 is 0 Å². The van der Waals surface area contributed by atoms with E-state index in [0.29, 0.717) is 6.04 Å². The molecule has 1 saturated heterocycles. The lowest BCUT2D eigenvalue weighted by atomic mass is 10.0. The van der Waals surface area contributed by atoms with Crippen molar-refractivity contribution in [3.63, 3.8) is 0 Å². The van der Waals surface area contributed by atoms with Crippen LogP contribution in [0.25, 0.3) is 0 Å². The maximum atomic E-state index is 5.63. The van der Waals surface area contributed by atoms with E-state index in [4.69, 9.17) is 12.2 Å². The van der Waals surface area contributed by atoms with Crippen molar-refractivity contribution in [2.45, 2.75) is 53.0 Å². The Kier molecular flexibility index (Phi) is 7.05. The summed E-state index contributed by atoms with van der Waals surface area (Å²) in [6.45, 7) is 12.1. The first-order valence-corrected chi connectivity index (χ1v) is 9.60. The van der Waals surface area contributed by atoms with Crippen molar-refractivity contribution in [3.05, 3.63) is 29.3 Å². The Morgan fingerprint density at radius 1 is 1.21 bits per heavy atom. The molecule has 0 unspecified atom stereocenters. The molecule has 3 nitrogen and oxygen atoms in total. The highest BCUT2D eigenvalue weighted by Gasteiger charge is 2.23. The summed E-state index contributed by atoms with van der Waals surface area (Å²) in [7, 11) is 2.27. The van der Waals surface area contributed by atoms with Gasteiger partial charge in [0.1, 0.15) is 0 Å². The van der Waals surface area contributed by atoms with Crippen LogP contribution in [0.2, 0.25) is 0 Å². The third-order valence-electron chi connectivity index (χ3n) is 4.91. The summed E-state index contributed by atoms with van der Waals surface area (Å²) in [4.78, 5) is 4.86. The minimum absolute atomic E-state index is 0.698. The van der Waals surface area contributed by atoms with Gasteiger partial charge < -0.3 is 15.1 Å². The highest BCUT2D eigenvalue weighted by atomic mass is 32.1. The lowest BCUT2D eigenvalue weighted by Crippen LogP contribution is -2.47. The predicted octanol–water partition coefficient (Wildman–Crippen LogP) is 4.44. The Morgan fingerprint density at radius 2 is 1.79 bits per heavy atom. The molecule has 4 heteroatoms. The highest BCUT2D eigenvalue weighted by molar-refractivity contribution is 7.80. The second-order valence-corrected chi connectivity index (χ2v) is 8.07. The molecule has 0 saturated carbocycles. The van der Waals surface area contributed by atoms with Gasteiger partial charge >= 0.3 is 0 Å². The molecule has 1 aliphatic rings. The number of hydrogen-bond acceptors (Lipinski definition) is 2. The van der Waals surface area contributed by atoms with Crippen LogP contribution in [-0.2, 0) is 0 Å². The second kappa shape index (κ2) is 8.82. The molecule has 134 valence electrons. The minimum atomic E-state index is 0.698. The summed E-state index contributed by atoms with van der Waals surface area (Å²) < 4.78 is 0. The van der Waals surface area contributed by atoms with Gasteiger partial charge in [-0.15, -0.1) is 0 Å². The van der Waals surface area contributed by atoms with Gasteiger partial charge in [-0.05, 0) is 88.1 Å². The fourth-order valence-electron chi connectivity index (χ4n) is 3.40. The zero-order chi connectivity index (χ0) is 17.7. The number of benzene rings is 1. The Morgan fingerprint density at radius 3 is 2.33 bits per heavy atom. The summed E-state index contributed by atoms with van der Waals surface area (Å²) in [5.41, 5.74) is 3.64. The van der Waals surface area contributed by atoms with Crippen molar-refractivity contribution in [2.75, 3.05) is 32.0 Å². The molecule has 0 spiro atoms. The second-order valence-electron chi connectivity index (χ2n) is 7.69. The standard InChI is InChI=1S/C20H33N3S/c1-15(2)6-9-22(5)19-7-10-23(11-8-19)20(24)21-18-13-16(3)12-17(4)14-18/h12-15,19H,6-11H2,1-5H3,(H,21,24). The zero-order valence-corrected chi connectivity index (χ0v) is 16.7. The largest absolute Gasteiger partial charge is 0.349 e. The molecule has 1 N–H and O–H groups in total. The molecule has 24 heavy (non-hydrogen) atoms. The Bertz CT molecular complexity index is 528. The molecular formula is C20H33N3S. The molecule has 1 aromatic rings. The number of likely N-dealkylation sites (tertiary alicyclic amines) is 1. The maximum absolute atomic E-state index is 5.63. The molecule has 1 fully saturated rings. The fraction of sp³-hybridized carbons (Fsp3) is 0.650. The van der Waals surface area contributed by atoms with Gasteiger partial charge in [0, 0.05) is 24.8 Å². The SMILES string of the molecule is Cc1cc(C)cc(NC(=S)N2CCC(N(C)CCC(C)C)CC2)c1. The lowest BCUT2D eigenvalue weighted by molar-refractivity contribution is 0.159. The van der Waals surface area contributed by atoms with Gasteiger partial charge in [0.2, 0.25) is 0 Å². The zero-order valence-electron chi connectivity index (χ0n) is 15.9. The van der Waals surface area contributed by atoms with Gasteiger partial charge in [0.15, 0.2) is 5.11 Å². The smallest absolute Gasteiger partial charge is 0.173 e. The van der Waals surface area contributed by atoms with Crippen molar-refractivity contribution >= 4 is 23.0 Å². The van der Waals surface area contributed by atoms with Gasteiger partial charge in [0.05, 0.1) is 0 Å². The van der Waals surface area contributed by atoms with Crippen LogP contribution in [0.4, 0.5) is 5.69 Å². The molecule has 0 bridgehead atoms. The maximum Gasteiger partial charge on any atom is 0.173 e. The van der Waals surface area contributed by atoms with E-state index < -0.39 is 0 Å². The minimum Gasteiger partial charge on any atom is -0.349 e. The van der Waals surface area contributed by atoms with Gasteiger partial charge in [-0.25, -0.2) is 0 Å². The molecular weight excluding hydrogens is 314 g/mol. The van der Waals surface area contributed by atoms with Crippen LogP contribution in [0.3, 0.4) is 0 Å². The van der Waals surface area contributed by atoms with Crippen molar-refractivity contribution in [1.82, 2.24) is 9.80 Å². The first-order valence-electron chi connectivity index (χ1n) is 9.19. The summed E-state index contributed by atoms with van der Waals surface area (Å²) in [6.07, 6.45) is 3.68. The first-order chi connectivity index (χ1) is 11.3. The van der Waals surface area contributed by atoms with Crippen LogP contribution in [0, 0.1) is 19.8 Å². The molecule has 0 radical (unpaired) electrons. The van der Waals surface area contributed by atoms with Gasteiger partial charge in [-0.2, -0.15) is 0 Å². The van der Waals surface area contributed by atoms with E-state index in [1.165, 1.54) is 36.9 Å². The average Bonchev–Trinajstić information content (AvgIpc) is 2.51. The molecule has 0 amide bonds. The van der Waals surface area contributed by atoms with Crippen LogP contribution in [0.15, 0.2) is 18.2 Å². The topological polar surface area (TPSA) is 18.5 Å². The summed E-state index contributed by atoms with van der Waals surface area (Å²) in [5, 5.41) is 4.29. The van der Waals surface area contributed by atoms with E-state index in [-0.39, 0.29) is 0 Å². The van der Waals surface area contributed by atoms with E-state index in [2.05, 4.69) is 68.1 Å². The quantitative estimate of drug-likeness (QED) is 0.793. The van der Waals surface area contributed by atoms with E-state index >= 15 is 0 Å². The van der Waals surface area contributed by atoms with Crippen LogP contribution >= 0.6 is 12.2 Å². The third-order valence-corrected chi connectivity index (χ3v) is 5.27. The van der Waals surface area contributed by atoms with Crippen molar-refractivity contribution in [3.8, 4) is 0 Å². The van der Waals surface area contributed by atoms with Crippen LogP contribution in [-0.4, -0.2) is 47.6 Å². The highest BCUT2D eigenvalue weighted by Crippen LogP contribution is 2.19. The summed E-state index contributed by atoms with van der Waals surface area (Å²) in [5.74, 6) is 0.780. The first kappa shape index (κ1) is 19.2. The normalized spacial score (nSPS) is 16.0. The van der Waals surface area contributed by atoms with E-state index in [0.717, 1.165) is 29.8 Å². The number of rotatable bonds is 5. The predicted molar refractivity (Wildman–Crippen MR) is 109 cm³/mol.